The zero-order valence-corrected chi connectivity index (χ0v) is 13.2. The van der Waals surface area contributed by atoms with Crippen LogP contribution in [-0.4, -0.2) is 18.1 Å². The summed E-state index contributed by atoms with van der Waals surface area (Å²) in [5, 5.41) is 4.88. The quantitative estimate of drug-likeness (QED) is 0.689. The van der Waals surface area contributed by atoms with Crippen LogP contribution in [0.4, 0.5) is 5.13 Å². The third-order valence-electron chi connectivity index (χ3n) is 3.00. The van der Waals surface area contributed by atoms with E-state index >= 15 is 0 Å². The van der Waals surface area contributed by atoms with E-state index < -0.39 is 0 Å². The Hall–Kier alpha value is -1.78. The van der Waals surface area contributed by atoms with Crippen LogP contribution in [0.3, 0.4) is 0 Å². The second kappa shape index (κ2) is 6.33. The Morgan fingerprint density at radius 2 is 2.10 bits per heavy atom. The van der Waals surface area contributed by atoms with Gasteiger partial charge in [0.25, 0.3) is 0 Å². The number of nitrogens with zero attached hydrogens (tertiary/aromatic N) is 1. The summed E-state index contributed by atoms with van der Waals surface area (Å²) in [4.78, 5) is 4.50. The molecule has 0 fully saturated rings. The number of aryl methyl sites for hydroxylation is 1. The van der Waals surface area contributed by atoms with Crippen molar-refractivity contribution in [3.05, 3.63) is 53.1 Å². The lowest BCUT2D eigenvalue weighted by atomic mass is 10.2. The van der Waals surface area contributed by atoms with Gasteiger partial charge in [-0.15, -0.1) is 0 Å². The molecule has 1 N–H and O–H groups in total. The van der Waals surface area contributed by atoms with Crippen molar-refractivity contribution in [3.8, 4) is 5.75 Å². The molecule has 0 aliphatic carbocycles. The largest absolute Gasteiger partial charge is 0.492 e. The van der Waals surface area contributed by atoms with E-state index in [1.54, 1.807) is 11.3 Å². The van der Waals surface area contributed by atoms with E-state index in [4.69, 9.17) is 16.3 Å². The molecule has 1 heterocycles. The van der Waals surface area contributed by atoms with Crippen LogP contribution in [-0.2, 0) is 0 Å². The predicted octanol–water partition coefficient (Wildman–Crippen LogP) is 4.75. The minimum Gasteiger partial charge on any atom is -0.492 e. The molecule has 0 saturated heterocycles. The van der Waals surface area contributed by atoms with Gasteiger partial charge in [-0.1, -0.05) is 41.1 Å². The molecular formula is C16H15ClN2OS. The summed E-state index contributed by atoms with van der Waals surface area (Å²) in [7, 11) is 0. The van der Waals surface area contributed by atoms with Crippen LogP contribution in [0.1, 0.15) is 5.56 Å². The topological polar surface area (TPSA) is 34.1 Å². The molecule has 0 atom stereocenters. The Kier molecular flexibility index (Phi) is 4.27. The molecule has 21 heavy (non-hydrogen) atoms. The first-order valence-corrected chi connectivity index (χ1v) is 7.90. The van der Waals surface area contributed by atoms with Crippen LogP contribution >= 0.6 is 22.9 Å². The third kappa shape index (κ3) is 3.46. The number of anilines is 1. The average molecular weight is 319 g/mol. The maximum Gasteiger partial charge on any atom is 0.183 e. The fourth-order valence-corrected chi connectivity index (χ4v) is 3.20. The highest BCUT2D eigenvalue weighted by molar-refractivity contribution is 7.22. The summed E-state index contributed by atoms with van der Waals surface area (Å²) >= 11 is 7.71. The van der Waals surface area contributed by atoms with E-state index in [-0.39, 0.29) is 0 Å². The van der Waals surface area contributed by atoms with Crippen LogP contribution in [0.15, 0.2) is 42.5 Å². The molecule has 3 nitrogen and oxygen atoms in total. The maximum atomic E-state index is 6.14. The maximum absolute atomic E-state index is 6.14. The van der Waals surface area contributed by atoms with Crippen LogP contribution in [0.5, 0.6) is 5.75 Å². The summed E-state index contributed by atoms with van der Waals surface area (Å²) in [6.45, 7) is 3.34. The second-order valence-electron chi connectivity index (χ2n) is 4.70. The highest BCUT2D eigenvalue weighted by atomic mass is 35.5. The summed E-state index contributed by atoms with van der Waals surface area (Å²) < 4.78 is 6.71. The van der Waals surface area contributed by atoms with Crippen molar-refractivity contribution in [2.75, 3.05) is 18.5 Å². The lowest BCUT2D eigenvalue weighted by Gasteiger charge is -2.07. The molecule has 0 aliphatic rings. The minimum atomic E-state index is 0.590. The highest BCUT2D eigenvalue weighted by Gasteiger charge is 2.06. The molecule has 108 valence electrons. The average Bonchev–Trinajstić information content (AvgIpc) is 2.88. The molecule has 0 radical (unpaired) electrons. The molecule has 2 aromatic carbocycles. The lowest BCUT2D eigenvalue weighted by molar-refractivity contribution is 0.332. The van der Waals surface area contributed by atoms with Gasteiger partial charge in [0, 0.05) is 0 Å². The van der Waals surface area contributed by atoms with Gasteiger partial charge < -0.3 is 10.1 Å². The first kappa shape index (κ1) is 14.2. The number of fused-ring (bicyclic) bond motifs is 1. The molecule has 0 unspecified atom stereocenters. The fourth-order valence-electron chi connectivity index (χ4n) is 2.02. The molecule has 5 heteroatoms. The van der Waals surface area contributed by atoms with Gasteiger partial charge in [-0.05, 0) is 36.8 Å². The summed E-state index contributed by atoms with van der Waals surface area (Å²) in [6.07, 6.45) is 0. The predicted molar refractivity (Wildman–Crippen MR) is 89.8 cm³/mol. The lowest BCUT2D eigenvalue weighted by Crippen LogP contribution is -2.11. The van der Waals surface area contributed by atoms with E-state index in [1.807, 2.05) is 36.4 Å². The van der Waals surface area contributed by atoms with Crippen LogP contribution < -0.4 is 10.1 Å². The van der Waals surface area contributed by atoms with Crippen molar-refractivity contribution in [3.63, 3.8) is 0 Å². The van der Waals surface area contributed by atoms with Gasteiger partial charge in [0.2, 0.25) is 0 Å². The number of benzene rings is 2. The Morgan fingerprint density at radius 3 is 2.90 bits per heavy atom. The Labute approximate surface area is 132 Å². The number of aromatic nitrogens is 1. The van der Waals surface area contributed by atoms with Crippen molar-refractivity contribution in [2.24, 2.45) is 0 Å². The third-order valence-corrected chi connectivity index (χ3v) is 4.49. The van der Waals surface area contributed by atoms with Gasteiger partial charge in [-0.25, -0.2) is 4.98 Å². The molecule has 3 aromatic rings. The van der Waals surface area contributed by atoms with Gasteiger partial charge in [0.1, 0.15) is 12.4 Å². The Morgan fingerprint density at radius 1 is 1.24 bits per heavy atom. The first-order valence-electron chi connectivity index (χ1n) is 6.71. The van der Waals surface area contributed by atoms with E-state index in [1.165, 1.54) is 5.56 Å². The number of ether oxygens (including phenoxy) is 1. The van der Waals surface area contributed by atoms with Crippen molar-refractivity contribution < 1.29 is 4.74 Å². The minimum absolute atomic E-state index is 0.590. The van der Waals surface area contributed by atoms with Crippen molar-refractivity contribution in [1.82, 2.24) is 4.98 Å². The summed E-state index contributed by atoms with van der Waals surface area (Å²) in [5.41, 5.74) is 2.12. The number of hydrogen-bond donors (Lipinski definition) is 1. The van der Waals surface area contributed by atoms with Crippen molar-refractivity contribution in [2.45, 2.75) is 6.92 Å². The van der Waals surface area contributed by atoms with E-state index in [0.29, 0.717) is 13.2 Å². The number of halogens is 1. The number of hydrogen-bond acceptors (Lipinski definition) is 4. The molecule has 0 saturated carbocycles. The van der Waals surface area contributed by atoms with E-state index in [0.717, 1.165) is 26.1 Å². The smallest absolute Gasteiger partial charge is 0.183 e. The number of rotatable bonds is 5. The SMILES string of the molecule is Cc1cccc(OCCNc2nc3cccc(Cl)c3s2)c1. The van der Waals surface area contributed by atoms with Gasteiger partial charge in [-0.2, -0.15) is 0 Å². The molecule has 0 bridgehead atoms. The number of thiazole rings is 1. The van der Waals surface area contributed by atoms with Gasteiger partial charge >= 0.3 is 0 Å². The summed E-state index contributed by atoms with van der Waals surface area (Å²) in [6, 6.07) is 13.8. The number of nitrogens with one attached hydrogen (secondary N) is 1. The molecule has 0 amide bonds. The Balaban J connectivity index is 1.56. The molecule has 1 aromatic heterocycles. The normalized spacial score (nSPS) is 10.8. The van der Waals surface area contributed by atoms with Gasteiger partial charge in [0.15, 0.2) is 5.13 Å². The zero-order valence-electron chi connectivity index (χ0n) is 11.6. The van der Waals surface area contributed by atoms with E-state index in [2.05, 4.69) is 23.3 Å². The molecule has 0 spiro atoms. The highest BCUT2D eigenvalue weighted by Crippen LogP contribution is 2.31. The van der Waals surface area contributed by atoms with Crippen LogP contribution in [0, 0.1) is 6.92 Å². The van der Waals surface area contributed by atoms with Gasteiger partial charge in [-0.3, -0.25) is 0 Å². The zero-order chi connectivity index (χ0) is 14.7. The summed E-state index contributed by atoms with van der Waals surface area (Å²) in [5.74, 6) is 0.893. The molecule has 3 rings (SSSR count). The first-order chi connectivity index (χ1) is 10.2. The molecule has 0 aliphatic heterocycles. The second-order valence-corrected chi connectivity index (χ2v) is 6.11. The van der Waals surface area contributed by atoms with Crippen molar-refractivity contribution >= 4 is 38.3 Å². The Bertz CT molecular complexity index is 757. The van der Waals surface area contributed by atoms with Crippen LogP contribution in [0.25, 0.3) is 10.2 Å². The van der Waals surface area contributed by atoms with Crippen molar-refractivity contribution in [1.29, 1.82) is 0 Å². The fraction of sp³-hybridized carbons (Fsp3) is 0.188. The van der Waals surface area contributed by atoms with Gasteiger partial charge in [0.05, 0.1) is 21.8 Å². The van der Waals surface area contributed by atoms with Crippen LogP contribution in [0.2, 0.25) is 5.02 Å². The monoisotopic (exact) mass is 318 g/mol. The van der Waals surface area contributed by atoms with E-state index in [9.17, 15) is 0 Å². The standard InChI is InChI=1S/C16H15ClN2OS/c1-11-4-2-5-12(10-11)20-9-8-18-16-19-14-7-3-6-13(17)15(14)21-16/h2-7,10H,8-9H2,1H3,(H,18,19). The molecular weight excluding hydrogens is 304 g/mol.